The Morgan fingerprint density at radius 1 is 0.849 bits per heavy atom. The maximum Gasteiger partial charge on any atom is 0.200 e. The minimum Gasteiger partial charge on any atom is -0.497 e. The van der Waals surface area contributed by atoms with Crippen LogP contribution in [0.4, 0.5) is 0 Å². The Labute approximate surface area is 326 Å². The topological polar surface area (TPSA) is 64.6 Å². The van der Waals surface area contributed by atoms with Gasteiger partial charge in [0.15, 0.2) is 28.2 Å². The molecule has 0 N–H and O–H groups in total. The highest BCUT2D eigenvalue weighted by molar-refractivity contribution is 6.77. The summed E-state index contributed by atoms with van der Waals surface area (Å²) in [6.07, 6.45) is 10.3. The molecule has 0 amide bonds. The Kier molecular flexibility index (Phi) is 16.4. The van der Waals surface area contributed by atoms with Crippen molar-refractivity contribution in [2.45, 2.75) is 211 Å². The van der Waals surface area contributed by atoms with Crippen LogP contribution in [0.15, 0.2) is 36.4 Å². The molecular formula is C44H78O7Si2. The van der Waals surface area contributed by atoms with Crippen molar-refractivity contribution in [3.63, 3.8) is 0 Å². The maximum atomic E-state index is 7.45. The summed E-state index contributed by atoms with van der Waals surface area (Å²) in [4.78, 5) is 0. The van der Waals surface area contributed by atoms with Gasteiger partial charge in [-0.1, -0.05) is 86.6 Å². The molecule has 0 saturated carbocycles. The van der Waals surface area contributed by atoms with Gasteiger partial charge >= 0.3 is 0 Å². The number of ether oxygens (including phenoxy) is 5. The highest BCUT2D eigenvalue weighted by atomic mass is 28.4. The van der Waals surface area contributed by atoms with E-state index in [1.165, 1.54) is 5.57 Å². The van der Waals surface area contributed by atoms with E-state index in [0.717, 1.165) is 107 Å². The second kappa shape index (κ2) is 19.4. The van der Waals surface area contributed by atoms with Gasteiger partial charge in [-0.2, -0.15) is 0 Å². The molecule has 304 valence electrons. The number of rotatable bonds is 21. The largest absolute Gasteiger partial charge is 0.497 e. The average molecular weight is 775 g/mol. The molecule has 7 nitrogen and oxygen atoms in total. The first-order valence-corrected chi connectivity index (χ1v) is 26.1. The molecule has 3 heterocycles. The Morgan fingerprint density at radius 3 is 2.11 bits per heavy atom. The quantitative estimate of drug-likeness (QED) is 0.0700. The van der Waals surface area contributed by atoms with Gasteiger partial charge in [0.2, 0.25) is 0 Å². The minimum atomic E-state index is -1.97. The zero-order valence-corrected chi connectivity index (χ0v) is 37.8. The summed E-state index contributed by atoms with van der Waals surface area (Å²) in [6.45, 7) is 30.0. The number of hydrogen-bond acceptors (Lipinski definition) is 7. The fourth-order valence-corrected chi connectivity index (χ4v) is 18.7. The summed E-state index contributed by atoms with van der Waals surface area (Å²) in [5.41, 5.74) is 3.58. The molecule has 1 aromatic rings. The molecule has 5 atom stereocenters. The highest BCUT2D eigenvalue weighted by Crippen LogP contribution is 2.56. The Morgan fingerprint density at radius 2 is 1.51 bits per heavy atom. The SMILES string of the molecule is C=C(CCCOCc1ccc(OC)cc1)C[C@@H]1CC[C@@](C)(O[Si](CC)(CC)CC)[C@]2(CC[C@@]3(CCC[C@H](CCO[Si](C(C)C)(C(C)C)C(C)C)O3)O2)O1. The zero-order chi connectivity index (χ0) is 38.9. The van der Waals surface area contributed by atoms with Crippen molar-refractivity contribution < 1.29 is 32.5 Å². The maximum absolute atomic E-state index is 7.45. The molecule has 4 rings (SSSR count). The van der Waals surface area contributed by atoms with Crippen molar-refractivity contribution in [2.75, 3.05) is 20.3 Å². The molecule has 0 radical (unpaired) electrons. The van der Waals surface area contributed by atoms with E-state index >= 15 is 0 Å². The summed E-state index contributed by atoms with van der Waals surface area (Å²) in [5.74, 6) is -0.600. The molecule has 0 unspecified atom stereocenters. The lowest BCUT2D eigenvalue weighted by Crippen LogP contribution is -2.65. The van der Waals surface area contributed by atoms with Gasteiger partial charge in [0, 0.05) is 32.5 Å². The van der Waals surface area contributed by atoms with Crippen LogP contribution in [-0.2, 0) is 34.4 Å². The van der Waals surface area contributed by atoms with Crippen LogP contribution < -0.4 is 4.74 Å². The Hall–Kier alpha value is -1.05. The van der Waals surface area contributed by atoms with Crippen LogP contribution in [0.3, 0.4) is 0 Å². The molecule has 1 aromatic carbocycles. The second-order valence-corrected chi connectivity index (χ2v) is 27.8. The molecule has 0 aliphatic carbocycles. The first-order valence-electron chi connectivity index (χ1n) is 21.4. The van der Waals surface area contributed by atoms with Crippen molar-refractivity contribution in [1.82, 2.24) is 0 Å². The third-order valence-corrected chi connectivity index (χ3v) is 24.3. The predicted octanol–water partition coefficient (Wildman–Crippen LogP) is 12.3. The summed E-state index contributed by atoms with van der Waals surface area (Å²) < 4.78 is 47.3. The van der Waals surface area contributed by atoms with Crippen molar-refractivity contribution in [3.8, 4) is 5.75 Å². The van der Waals surface area contributed by atoms with Crippen LogP contribution in [0, 0.1) is 0 Å². The summed E-state index contributed by atoms with van der Waals surface area (Å²) in [5, 5.41) is 0. The molecular weight excluding hydrogens is 697 g/mol. The van der Waals surface area contributed by atoms with Gasteiger partial charge in [0.1, 0.15) is 11.4 Å². The van der Waals surface area contributed by atoms with Crippen molar-refractivity contribution in [3.05, 3.63) is 42.0 Å². The zero-order valence-electron chi connectivity index (χ0n) is 35.8. The van der Waals surface area contributed by atoms with Crippen molar-refractivity contribution >= 4 is 16.6 Å². The smallest absolute Gasteiger partial charge is 0.200 e. The van der Waals surface area contributed by atoms with Crippen LogP contribution in [-0.4, -0.2) is 66.3 Å². The van der Waals surface area contributed by atoms with Gasteiger partial charge in [-0.25, -0.2) is 0 Å². The van der Waals surface area contributed by atoms with Gasteiger partial charge in [-0.3, -0.25) is 0 Å². The minimum absolute atomic E-state index is 0.0458. The number of hydrogen-bond donors (Lipinski definition) is 0. The lowest BCUT2D eigenvalue weighted by molar-refractivity contribution is -0.398. The van der Waals surface area contributed by atoms with Crippen LogP contribution in [0.5, 0.6) is 5.75 Å². The molecule has 0 bridgehead atoms. The Balaban J connectivity index is 1.41. The monoisotopic (exact) mass is 775 g/mol. The fourth-order valence-electron chi connectivity index (χ4n) is 10.1. The molecule has 3 saturated heterocycles. The van der Waals surface area contributed by atoms with E-state index in [1.807, 2.05) is 12.1 Å². The summed E-state index contributed by atoms with van der Waals surface area (Å²) in [7, 11) is -2.21. The third-order valence-electron chi connectivity index (χ3n) is 13.4. The molecule has 3 aliphatic heterocycles. The van der Waals surface area contributed by atoms with Gasteiger partial charge in [-0.05, 0) is 111 Å². The number of benzene rings is 1. The molecule has 3 fully saturated rings. The van der Waals surface area contributed by atoms with Crippen molar-refractivity contribution in [2.24, 2.45) is 0 Å². The standard InChI is InChI=1S/C44H78O7Si2/c1-13-52(14-2,15-3)51-42(11)27-24-41(32-37(10)18-17-30-46-33-38-20-22-39(45-12)23-21-38)49-44(42)29-28-43(50-44)26-16-19-40(48-43)25-31-47-53(34(4)5,35(6)7)36(8)9/h20-23,34-36,40-41H,10,13-19,24-33H2,1-9,11-12H3/t40-,41+,42-,43-,44-/m1/s1. The van der Waals surface area contributed by atoms with Crippen LogP contribution in [0.25, 0.3) is 0 Å². The molecule has 53 heavy (non-hydrogen) atoms. The van der Waals surface area contributed by atoms with Gasteiger partial charge in [0.05, 0.1) is 25.9 Å². The van der Waals surface area contributed by atoms with E-state index < -0.39 is 33.8 Å². The molecule has 2 spiro atoms. The Bertz CT molecular complexity index is 1240. The lowest BCUT2D eigenvalue weighted by atomic mass is 9.82. The van der Waals surface area contributed by atoms with Gasteiger partial charge in [-0.15, -0.1) is 0 Å². The van der Waals surface area contributed by atoms with Crippen LogP contribution >= 0.6 is 0 Å². The molecule has 0 aromatic heterocycles. The molecule has 3 aliphatic rings. The van der Waals surface area contributed by atoms with E-state index in [4.69, 9.17) is 32.5 Å². The normalized spacial score (nSPS) is 28.2. The van der Waals surface area contributed by atoms with Gasteiger partial charge in [0.25, 0.3) is 0 Å². The van der Waals surface area contributed by atoms with Crippen LogP contribution in [0.1, 0.15) is 145 Å². The van der Waals surface area contributed by atoms with Gasteiger partial charge < -0.3 is 32.5 Å². The van der Waals surface area contributed by atoms with Crippen LogP contribution in [0.2, 0.25) is 34.8 Å². The number of methoxy groups -OCH3 is 1. The van der Waals surface area contributed by atoms with E-state index in [1.54, 1.807) is 7.11 Å². The van der Waals surface area contributed by atoms with E-state index in [0.29, 0.717) is 29.8 Å². The third kappa shape index (κ3) is 10.5. The molecule has 9 heteroatoms. The summed E-state index contributed by atoms with van der Waals surface area (Å²) >= 11 is 0. The van der Waals surface area contributed by atoms with E-state index in [-0.39, 0.29) is 12.2 Å². The highest BCUT2D eigenvalue weighted by Gasteiger charge is 2.65. The summed E-state index contributed by atoms with van der Waals surface area (Å²) in [6, 6.07) is 11.4. The van der Waals surface area contributed by atoms with E-state index in [9.17, 15) is 0 Å². The lowest BCUT2D eigenvalue weighted by Gasteiger charge is -2.55. The second-order valence-electron chi connectivity index (χ2n) is 17.7. The first kappa shape index (κ1) is 44.7. The van der Waals surface area contributed by atoms with E-state index in [2.05, 4.69) is 87.9 Å². The predicted molar refractivity (Wildman–Crippen MR) is 223 cm³/mol. The van der Waals surface area contributed by atoms with Crippen molar-refractivity contribution in [1.29, 1.82) is 0 Å². The fraction of sp³-hybridized carbons (Fsp3) is 0.818. The average Bonchev–Trinajstić information content (AvgIpc) is 3.48. The first-order chi connectivity index (χ1) is 25.2.